The Kier molecular flexibility index (Phi) is 2.23. The van der Waals surface area contributed by atoms with E-state index < -0.39 is 0 Å². The molecule has 1 unspecified atom stereocenters. The molecule has 0 aliphatic carbocycles. The quantitative estimate of drug-likeness (QED) is 0.448. The van der Waals surface area contributed by atoms with Crippen LogP contribution < -0.4 is 5.32 Å². The summed E-state index contributed by atoms with van der Waals surface area (Å²) in [6, 6.07) is -0.280. The van der Waals surface area contributed by atoms with Gasteiger partial charge in [-0.05, 0) is 6.08 Å². The van der Waals surface area contributed by atoms with E-state index in [0.717, 1.165) is 0 Å². The summed E-state index contributed by atoms with van der Waals surface area (Å²) in [5.41, 5.74) is 0. The molecule has 1 N–H and O–H groups in total. The van der Waals surface area contributed by atoms with Crippen LogP contribution in [0.5, 0.6) is 0 Å². The fraction of sp³-hybridized carbons (Fsp3) is 0.286. The smallest absolute Gasteiger partial charge is 0.332 e. The highest BCUT2D eigenvalue weighted by Crippen LogP contribution is 2.00. The minimum absolute atomic E-state index is 0.248. The largest absolute Gasteiger partial charge is 0.433 e. The zero-order valence-electron chi connectivity index (χ0n) is 5.54. The summed E-state index contributed by atoms with van der Waals surface area (Å²) in [5, 5.41) is 2.90. The molecule has 1 atom stereocenters. The third kappa shape index (κ3) is 1.45. The lowest BCUT2D eigenvalue weighted by Gasteiger charge is -2.03. The first-order chi connectivity index (χ1) is 4.84. The molecule has 0 amide bonds. The molecule has 10 heavy (non-hydrogen) atoms. The molecule has 0 saturated heterocycles. The summed E-state index contributed by atoms with van der Waals surface area (Å²) in [6.45, 7) is 4.12. The zero-order chi connectivity index (χ0) is 7.40. The average molecular weight is 139 g/mol. The van der Waals surface area contributed by atoms with E-state index in [-0.39, 0.29) is 12.0 Å². The number of carbonyl (C=O) groups is 1. The molecule has 1 heterocycles. The van der Waals surface area contributed by atoms with Gasteiger partial charge in [0.05, 0.1) is 6.26 Å². The van der Waals surface area contributed by atoms with Crippen LogP contribution in [0.25, 0.3) is 0 Å². The predicted molar refractivity (Wildman–Crippen MR) is 37.2 cm³/mol. The van der Waals surface area contributed by atoms with E-state index in [2.05, 4.69) is 16.6 Å². The maximum Gasteiger partial charge on any atom is 0.332 e. The highest BCUT2D eigenvalue weighted by atomic mass is 16.5. The molecule has 0 radical (unpaired) electrons. The number of esters is 1. The molecule has 0 spiro atoms. The molecule has 0 aromatic heterocycles. The van der Waals surface area contributed by atoms with Crippen LogP contribution in [0.4, 0.5) is 0 Å². The summed E-state index contributed by atoms with van der Waals surface area (Å²) in [6.07, 6.45) is 4.76. The van der Waals surface area contributed by atoms with Gasteiger partial charge in [0.25, 0.3) is 0 Å². The highest BCUT2D eigenvalue weighted by Gasteiger charge is 2.19. The van der Waals surface area contributed by atoms with Crippen molar-refractivity contribution < 1.29 is 9.53 Å². The topological polar surface area (TPSA) is 38.3 Å². The molecule has 0 saturated carbocycles. The third-order valence-corrected chi connectivity index (χ3v) is 1.19. The number of rotatable bonds is 3. The van der Waals surface area contributed by atoms with Crippen molar-refractivity contribution in [1.29, 1.82) is 0 Å². The molecule has 1 rings (SSSR count). The number of hydrogen-bond acceptors (Lipinski definition) is 3. The first-order valence-corrected chi connectivity index (χ1v) is 3.06. The van der Waals surface area contributed by atoms with Crippen molar-refractivity contribution in [2.75, 3.05) is 6.54 Å². The van der Waals surface area contributed by atoms with E-state index in [1.807, 2.05) is 0 Å². The third-order valence-electron chi connectivity index (χ3n) is 1.19. The second-order valence-electron chi connectivity index (χ2n) is 1.94. The lowest BCUT2D eigenvalue weighted by Crippen LogP contribution is -2.32. The lowest BCUT2D eigenvalue weighted by atomic mass is 10.3. The van der Waals surface area contributed by atoms with Crippen molar-refractivity contribution in [3.63, 3.8) is 0 Å². The van der Waals surface area contributed by atoms with Crippen LogP contribution in [-0.2, 0) is 9.53 Å². The molecule has 0 bridgehead atoms. The van der Waals surface area contributed by atoms with Crippen molar-refractivity contribution >= 4 is 5.97 Å². The van der Waals surface area contributed by atoms with Gasteiger partial charge in [0.2, 0.25) is 0 Å². The van der Waals surface area contributed by atoms with E-state index in [4.69, 9.17) is 0 Å². The lowest BCUT2D eigenvalue weighted by molar-refractivity contribution is -0.137. The summed E-state index contributed by atoms with van der Waals surface area (Å²) in [7, 11) is 0. The number of ether oxygens (including phenoxy) is 1. The summed E-state index contributed by atoms with van der Waals surface area (Å²) >= 11 is 0. The van der Waals surface area contributed by atoms with Gasteiger partial charge in [-0.2, -0.15) is 0 Å². The molecule has 54 valence electrons. The van der Waals surface area contributed by atoms with Crippen molar-refractivity contribution in [1.82, 2.24) is 5.32 Å². The number of nitrogens with one attached hydrogen (secondary N) is 1. The van der Waals surface area contributed by atoms with Gasteiger partial charge in [-0.15, -0.1) is 6.58 Å². The Labute approximate surface area is 59.4 Å². The molecule has 0 aromatic rings. The minimum atomic E-state index is -0.280. The van der Waals surface area contributed by atoms with Crippen LogP contribution in [0.3, 0.4) is 0 Å². The molecule has 0 aromatic carbocycles. The van der Waals surface area contributed by atoms with Crippen molar-refractivity contribution in [3.05, 3.63) is 25.0 Å². The van der Waals surface area contributed by atoms with Crippen molar-refractivity contribution in [3.8, 4) is 0 Å². The Bertz CT molecular complexity index is 174. The van der Waals surface area contributed by atoms with Gasteiger partial charge in [0, 0.05) is 6.54 Å². The van der Waals surface area contributed by atoms with Crippen molar-refractivity contribution in [2.24, 2.45) is 0 Å². The van der Waals surface area contributed by atoms with Crippen LogP contribution in [0.2, 0.25) is 0 Å². The fourth-order valence-corrected chi connectivity index (χ4v) is 0.698. The number of cyclic esters (lactones) is 1. The Morgan fingerprint density at radius 1 is 1.90 bits per heavy atom. The maximum absolute atomic E-state index is 10.7. The van der Waals surface area contributed by atoms with Gasteiger partial charge < -0.3 is 4.74 Å². The van der Waals surface area contributed by atoms with Gasteiger partial charge in [-0.1, -0.05) is 6.08 Å². The van der Waals surface area contributed by atoms with Gasteiger partial charge in [0.15, 0.2) is 0 Å². The first-order valence-electron chi connectivity index (χ1n) is 3.06. The van der Waals surface area contributed by atoms with E-state index in [9.17, 15) is 4.79 Å². The molecule has 1 aliphatic rings. The molecule has 0 fully saturated rings. The normalized spacial score (nSPS) is 22.8. The monoisotopic (exact) mass is 139 g/mol. The number of carbonyl (C=O) groups excluding carboxylic acids is 1. The molecule has 1 aliphatic heterocycles. The van der Waals surface area contributed by atoms with Crippen LogP contribution in [0.1, 0.15) is 0 Å². The highest BCUT2D eigenvalue weighted by molar-refractivity contribution is 5.80. The van der Waals surface area contributed by atoms with Gasteiger partial charge in [0.1, 0.15) is 6.04 Å². The predicted octanol–water partition coefficient (Wildman–Crippen LogP) is 0.201. The Balaban J connectivity index is 2.33. The first kappa shape index (κ1) is 7.02. The fourth-order valence-electron chi connectivity index (χ4n) is 0.698. The second kappa shape index (κ2) is 3.17. The Morgan fingerprint density at radius 2 is 2.70 bits per heavy atom. The minimum Gasteiger partial charge on any atom is -0.433 e. The van der Waals surface area contributed by atoms with Crippen LogP contribution in [0, 0.1) is 0 Å². The SMILES string of the molecule is C=CCNC1C=COC1=O. The molecule has 3 heteroatoms. The summed E-state index contributed by atoms with van der Waals surface area (Å²) in [5.74, 6) is -0.248. The molecule has 3 nitrogen and oxygen atoms in total. The molecular formula is C7H9NO2. The maximum atomic E-state index is 10.7. The van der Waals surface area contributed by atoms with Gasteiger partial charge in [-0.25, -0.2) is 4.79 Å². The Hall–Kier alpha value is -1.09. The van der Waals surface area contributed by atoms with E-state index in [1.54, 1.807) is 12.2 Å². The molecular weight excluding hydrogens is 130 g/mol. The van der Waals surface area contributed by atoms with E-state index in [0.29, 0.717) is 6.54 Å². The average Bonchev–Trinajstić information content (AvgIpc) is 2.31. The van der Waals surface area contributed by atoms with E-state index >= 15 is 0 Å². The summed E-state index contributed by atoms with van der Waals surface area (Å²) in [4.78, 5) is 10.7. The van der Waals surface area contributed by atoms with Gasteiger partial charge in [-0.3, -0.25) is 5.32 Å². The standard InChI is InChI=1S/C7H9NO2/c1-2-4-8-6-3-5-10-7(6)9/h2-3,5-6,8H,1,4H2. The number of hydrogen-bond donors (Lipinski definition) is 1. The summed E-state index contributed by atoms with van der Waals surface area (Å²) < 4.78 is 4.55. The van der Waals surface area contributed by atoms with Gasteiger partial charge >= 0.3 is 5.97 Å². The van der Waals surface area contributed by atoms with Crippen molar-refractivity contribution in [2.45, 2.75) is 6.04 Å². The zero-order valence-corrected chi connectivity index (χ0v) is 5.54. The van der Waals surface area contributed by atoms with Crippen LogP contribution >= 0.6 is 0 Å². The van der Waals surface area contributed by atoms with Crippen LogP contribution in [0.15, 0.2) is 25.0 Å². The van der Waals surface area contributed by atoms with E-state index in [1.165, 1.54) is 6.26 Å². The second-order valence-corrected chi connectivity index (χ2v) is 1.94. The van der Waals surface area contributed by atoms with Crippen LogP contribution in [-0.4, -0.2) is 18.6 Å². The Morgan fingerprint density at radius 3 is 3.20 bits per heavy atom.